The number of sulfonamides is 1. The van der Waals surface area contributed by atoms with Crippen molar-refractivity contribution in [3.8, 4) is 0 Å². The van der Waals surface area contributed by atoms with E-state index < -0.39 is 10.0 Å². The number of aryl methyl sites for hydroxylation is 3. The van der Waals surface area contributed by atoms with Crippen LogP contribution in [0, 0.1) is 6.92 Å². The molecule has 3 aromatic rings. The molecule has 0 radical (unpaired) electrons. The van der Waals surface area contributed by atoms with Crippen molar-refractivity contribution in [1.29, 1.82) is 0 Å². The molecule has 0 aliphatic rings. The monoisotopic (exact) mass is 488 g/mol. The average Bonchev–Trinajstić information content (AvgIpc) is 3.09. The molecule has 1 amide bonds. The number of amides is 1. The summed E-state index contributed by atoms with van der Waals surface area (Å²) in [4.78, 5) is 18.6. The summed E-state index contributed by atoms with van der Waals surface area (Å²) in [5, 5.41) is 3.55. The van der Waals surface area contributed by atoms with Gasteiger partial charge < -0.3 is 9.88 Å². The van der Waals surface area contributed by atoms with Gasteiger partial charge in [-0.05, 0) is 55.3 Å². The lowest BCUT2D eigenvalue weighted by Crippen LogP contribution is -2.22. The molecule has 178 valence electrons. The van der Waals surface area contributed by atoms with Gasteiger partial charge in [0, 0.05) is 49.8 Å². The van der Waals surface area contributed by atoms with Crippen LogP contribution in [0.5, 0.6) is 0 Å². The van der Waals surface area contributed by atoms with Crippen molar-refractivity contribution in [2.75, 3.05) is 19.4 Å². The molecular weight excluding hydrogens is 456 g/mol. The summed E-state index contributed by atoms with van der Waals surface area (Å²) in [5.74, 6) is 0.653. The van der Waals surface area contributed by atoms with E-state index >= 15 is 0 Å². The fourth-order valence-corrected chi connectivity index (χ4v) is 5.37. The highest BCUT2D eigenvalue weighted by Crippen LogP contribution is 2.28. The van der Waals surface area contributed by atoms with E-state index in [9.17, 15) is 13.2 Å². The van der Waals surface area contributed by atoms with E-state index in [0.717, 1.165) is 29.0 Å². The van der Waals surface area contributed by atoms with Crippen molar-refractivity contribution in [3.63, 3.8) is 0 Å². The van der Waals surface area contributed by atoms with Gasteiger partial charge >= 0.3 is 0 Å². The van der Waals surface area contributed by atoms with E-state index in [1.54, 1.807) is 18.2 Å². The van der Waals surface area contributed by atoms with Crippen molar-refractivity contribution < 1.29 is 13.2 Å². The number of hydrogen-bond donors (Lipinski definition) is 1. The van der Waals surface area contributed by atoms with Gasteiger partial charge in [-0.25, -0.2) is 17.7 Å². The Hall–Kier alpha value is -2.36. The Labute approximate surface area is 200 Å². The SMILES string of the molecule is CCC(C)Sc1ccc(NC(=O)CCc2nc3cc(S(=O)(=O)N(C)C)ccc3n2C)c(C)c1. The maximum Gasteiger partial charge on any atom is 0.242 e. The number of thioether (sulfide) groups is 1. The van der Waals surface area contributed by atoms with E-state index in [0.29, 0.717) is 17.2 Å². The molecule has 1 heterocycles. The van der Waals surface area contributed by atoms with Crippen LogP contribution in [0.4, 0.5) is 5.69 Å². The summed E-state index contributed by atoms with van der Waals surface area (Å²) < 4.78 is 27.9. The minimum absolute atomic E-state index is 0.0802. The Balaban J connectivity index is 1.69. The number of anilines is 1. The Bertz CT molecular complexity index is 1270. The van der Waals surface area contributed by atoms with Crippen LogP contribution in [0.25, 0.3) is 11.0 Å². The number of carbonyl (C=O) groups is 1. The molecule has 0 bridgehead atoms. The minimum Gasteiger partial charge on any atom is -0.331 e. The zero-order valence-electron chi connectivity index (χ0n) is 20.0. The van der Waals surface area contributed by atoms with E-state index in [2.05, 4.69) is 30.2 Å². The molecule has 0 saturated carbocycles. The van der Waals surface area contributed by atoms with Crippen LogP contribution in [-0.4, -0.2) is 47.5 Å². The molecule has 1 atom stereocenters. The molecule has 9 heteroatoms. The maximum absolute atomic E-state index is 12.6. The second-order valence-corrected chi connectivity index (χ2v) is 12.1. The molecule has 1 aromatic heterocycles. The predicted molar refractivity (Wildman–Crippen MR) is 135 cm³/mol. The Morgan fingerprint density at radius 3 is 2.58 bits per heavy atom. The first-order valence-electron chi connectivity index (χ1n) is 11.0. The molecular formula is C24H32N4O3S2. The van der Waals surface area contributed by atoms with Crippen LogP contribution in [0.15, 0.2) is 46.2 Å². The molecule has 2 aromatic carbocycles. The first kappa shape index (κ1) is 25.3. The topological polar surface area (TPSA) is 84.3 Å². The summed E-state index contributed by atoms with van der Waals surface area (Å²) in [6.45, 7) is 6.38. The Kier molecular flexibility index (Phi) is 7.87. The van der Waals surface area contributed by atoms with E-state index in [-0.39, 0.29) is 17.2 Å². The van der Waals surface area contributed by atoms with Gasteiger partial charge in [0.1, 0.15) is 5.82 Å². The van der Waals surface area contributed by atoms with Crippen molar-refractivity contribution in [3.05, 3.63) is 47.8 Å². The Morgan fingerprint density at radius 1 is 1.21 bits per heavy atom. The predicted octanol–water partition coefficient (Wildman–Crippen LogP) is 4.59. The third-order valence-electron chi connectivity index (χ3n) is 5.68. The second kappa shape index (κ2) is 10.3. The van der Waals surface area contributed by atoms with Gasteiger partial charge in [-0.15, -0.1) is 11.8 Å². The maximum atomic E-state index is 12.6. The number of hydrogen-bond acceptors (Lipinski definition) is 5. The van der Waals surface area contributed by atoms with Gasteiger partial charge in [0.05, 0.1) is 15.9 Å². The van der Waals surface area contributed by atoms with E-state index in [4.69, 9.17) is 0 Å². The fraction of sp³-hybridized carbons (Fsp3) is 0.417. The number of nitrogens with zero attached hydrogens (tertiary/aromatic N) is 3. The molecule has 0 aliphatic heterocycles. The highest BCUT2D eigenvalue weighted by molar-refractivity contribution is 7.99. The normalized spacial score (nSPS) is 12.9. The van der Waals surface area contributed by atoms with E-state index in [1.807, 2.05) is 42.4 Å². The molecule has 1 unspecified atom stereocenters. The van der Waals surface area contributed by atoms with Crippen LogP contribution < -0.4 is 5.32 Å². The molecule has 0 aliphatic carbocycles. The lowest BCUT2D eigenvalue weighted by molar-refractivity contribution is -0.116. The van der Waals surface area contributed by atoms with Crippen molar-refractivity contribution in [2.45, 2.75) is 55.1 Å². The van der Waals surface area contributed by atoms with Gasteiger partial charge in [-0.1, -0.05) is 13.8 Å². The lowest BCUT2D eigenvalue weighted by Gasteiger charge is -2.12. The zero-order valence-corrected chi connectivity index (χ0v) is 21.7. The van der Waals surface area contributed by atoms with Crippen LogP contribution in [0.3, 0.4) is 0 Å². The molecule has 7 nitrogen and oxygen atoms in total. The minimum atomic E-state index is -3.53. The molecule has 1 N–H and O–H groups in total. The average molecular weight is 489 g/mol. The van der Waals surface area contributed by atoms with Crippen LogP contribution in [0.2, 0.25) is 0 Å². The third kappa shape index (κ3) is 5.77. The number of fused-ring (bicyclic) bond motifs is 1. The van der Waals surface area contributed by atoms with Gasteiger partial charge in [0.15, 0.2) is 0 Å². The smallest absolute Gasteiger partial charge is 0.242 e. The molecule has 0 spiro atoms. The molecule has 0 fully saturated rings. The second-order valence-electron chi connectivity index (χ2n) is 8.39. The third-order valence-corrected chi connectivity index (χ3v) is 8.76. The van der Waals surface area contributed by atoms with Crippen molar-refractivity contribution >= 4 is 44.4 Å². The quantitative estimate of drug-likeness (QED) is 0.445. The van der Waals surface area contributed by atoms with Gasteiger partial charge in [-0.3, -0.25) is 4.79 Å². The molecule has 0 saturated heterocycles. The number of aromatic nitrogens is 2. The van der Waals surface area contributed by atoms with Gasteiger partial charge in [0.25, 0.3) is 0 Å². The largest absolute Gasteiger partial charge is 0.331 e. The fourth-order valence-electron chi connectivity index (χ4n) is 3.43. The molecule has 3 rings (SSSR count). The van der Waals surface area contributed by atoms with Crippen LogP contribution >= 0.6 is 11.8 Å². The number of benzene rings is 2. The van der Waals surface area contributed by atoms with Crippen molar-refractivity contribution in [2.24, 2.45) is 7.05 Å². The summed E-state index contributed by atoms with van der Waals surface area (Å²) in [5.41, 5.74) is 3.28. The number of rotatable bonds is 9. The van der Waals surface area contributed by atoms with Crippen LogP contribution in [0.1, 0.15) is 38.1 Å². The van der Waals surface area contributed by atoms with Gasteiger partial charge in [-0.2, -0.15) is 0 Å². The standard InChI is InChI=1S/C24H32N4O3S2/c1-7-17(3)32-18-8-10-20(16(2)14-18)26-24(29)13-12-23-25-21-15-19(33(30,31)27(4)5)9-11-22(21)28(23)6/h8-11,14-15,17H,7,12-13H2,1-6H3,(H,26,29). The van der Waals surface area contributed by atoms with Crippen LogP contribution in [-0.2, 0) is 28.3 Å². The summed E-state index contributed by atoms with van der Waals surface area (Å²) in [6.07, 6.45) is 1.84. The highest BCUT2D eigenvalue weighted by atomic mass is 32.2. The van der Waals surface area contributed by atoms with E-state index in [1.165, 1.54) is 23.3 Å². The Morgan fingerprint density at radius 2 is 1.94 bits per heavy atom. The number of nitrogens with one attached hydrogen (secondary N) is 1. The molecule has 33 heavy (non-hydrogen) atoms. The zero-order chi connectivity index (χ0) is 24.3. The number of carbonyl (C=O) groups excluding carboxylic acids is 1. The summed E-state index contributed by atoms with van der Waals surface area (Å²) in [7, 11) is 1.35. The van der Waals surface area contributed by atoms with Crippen molar-refractivity contribution in [1.82, 2.24) is 13.9 Å². The first-order chi connectivity index (χ1) is 15.5. The first-order valence-corrected chi connectivity index (χ1v) is 13.3. The number of imidazole rings is 1. The summed E-state index contributed by atoms with van der Waals surface area (Å²) >= 11 is 1.84. The lowest BCUT2D eigenvalue weighted by atomic mass is 10.2. The highest BCUT2D eigenvalue weighted by Gasteiger charge is 2.19. The van der Waals surface area contributed by atoms with Gasteiger partial charge in [0.2, 0.25) is 15.9 Å². The summed E-state index contributed by atoms with van der Waals surface area (Å²) in [6, 6.07) is 11.0.